The van der Waals surface area contributed by atoms with Crippen molar-refractivity contribution in [1.82, 2.24) is 0 Å². The van der Waals surface area contributed by atoms with Gasteiger partial charge in [-0.1, -0.05) is 120 Å². The highest BCUT2D eigenvalue weighted by atomic mass is 16.3. The molecule has 1 nitrogen and oxygen atoms in total. The Hall–Kier alpha value is -2.54. The van der Waals surface area contributed by atoms with Crippen LogP contribution in [0.5, 0.6) is 5.75 Å². The molecule has 1 heteroatoms. The predicted octanol–water partition coefficient (Wildman–Crippen LogP) is 8.29. The number of unbranched alkanes of at least 4 members (excludes halogenated alkanes) is 5. The molecule has 0 unspecified atom stereocenters. The van der Waals surface area contributed by atoms with E-state index in [1.165, 1.54) is 60.8 Å². The predicted molar refractivity (Wildman–Crippen MR) is 129 cm³/mol. The van der Waals surface area contributed by atoms with Gasteiger partial charge in [-0.3, -0.25) is 0 Å². The van der Waals surface area contributed by atoms with E-state index in [4.69, 9.17) is 0 Å². The molecule has 0 aromatic heterocycles. The third-order valence-electron chi connectivity index (χ3n) is 6.29. The zero-order valence-electron chi connectivity index (χ0n) is 18.8. The summed E-state index contributed by atoms with van der Waals surface area (Å²) in [5, 5.41) is 10.5. The van der Waals surface area contributed by atoms with E-state index < -0.39 is 0 Å². The van der Waals surface area contributed by atoms with E-state index in [0.717, 1.165) is 12.0 Å². The van der Waals surface area contributed by atoms with Crippen LogP contribution in [0.15, 0.2) is 72.8 Å². The number of rotatable bonds is 10. The Morgan fingerprint density at radius 1 is 0.633 bits per heavy atom. The Morgan fingerprint density at radius 2 is 1.20 bits per heavy atom. The molecule has 0 aliphatic heterocycles. The van der Waals surface area contributed by atoms with Crippen LogP contribution in [-0.2, 0) is 11.8 Å². The fraction of sp³-hybridized carbons (Fsp3) is 0.379. The number of phenolic OH excluding ortho intramolecular Hbond substituents is 1. The summed E-state index contributed by atoms with van der Waals surface area (Å²) in [7, 11) is 0. The van der Waals surface area contributed by atoms with Gasteiger partial charge in [-0.25, -0.2) is 0 Å². The standard InChI is InChI=1S/C29H36O/c1-4-5-6-7-8-9-16-23-17-10-11-18-24(23)25-19-12-13-20-26(25)29(2,3)27-21-14-15-22-28(27)30/h10-15,17-22,30H,4-9,16H2,1-3H3. The van der Waals surface area contributed by atoms with Crippen LogP contribution < -0.4 is 0 Å². The van der Waals surface area contributed by atoms with Gasteiger partial charge in [0.15, 0.2) is 0 Å². The minimum atomic E-state index is -0.296. The van der Waals surface area contributed by atoms with Gasteiger partial charge in [0.05, 0.1) is 0 Å². The van der Waals surface area contributed by atoms with Crippen molar-refractivity contribution in [3.63, 3.8) is 0 Å². The van der Waals surface area contributed by atoms with Gasteiger partial charge < -0.3 is 5.11 Å². The second kappa shape index (κ2) is 10.5. The van der Waals surface area contributed by atoms with Crippen LogP contribution in [0.25, 0.3) is 11.1 Å². The molecule has 0 aliphatic carbocycles. The minimum Gasteiger partial charge on any atom is -0.508 e. The first-order valence-electron chi connectivity index (χ1n) is 11.5. The number of para-hydroxylation sites is 1. The number of benzene rings is 3. The fourth-order valence-electron chi connectivity index (χ4n) is 4.51. The van der Waals surface area contributed by atoms with Crippen molar-refractivity contribution in [3.8, 4) is 16.9 Å². The molecular formula is C29H36O. The first-order valence-corrected chi connectivity index (χ1v) is 11.5. The summed E-state index contributed by atoms with van der Waals surface area (Å²) in [6.07, 6.45) is 9.01. The zero-order chi connectivity index (χ0) is 21.4. The Morgan fingerprint density at radius 3 is 1.93 bits per heavy atom. The summed E-state index contributed by atoms with van der Waals surface area (Å²) in [5.74, 6) is 0.359. The number of phenols is 1. The molecule has 0 saturated carbocycles. The Labute approximate surface area is 182 Å². The number of hydrogen-bond donors (Lipinski definition) is 1. The lowest BCUT2D eigenvalue weighted by molar-refractivity contribution is 0.453. The van der Waals surface area contributed by atoms with Crippen LogP contribution in [0.4, 0.5) is 0 Å². The lowest BCUT2D eigenvalue weighted by atomic mass is 9.74. The molecule has 3 aromatic carbocycles. The van der Waals surface area contributed by atoms with Crippen molar-refractivity contribution in [2.45, 2.75) is 71.1 Å². The summed E-state index contributed by atoms with van der Waals surface area (Å²) in [6.45, 7) is 6.68. The zero-order valence-corrected chi connectivity index (χ0v) is 18.8. The number of aryl methyl sites for hydroxylation is 1. The molecule has 0 heterocycles. The van der Waals surface area contributed by atoms with E-state index in [1.54, 1.807) is 6.07 Å². The summed E-state index contributed by atoms with van der Waals surface area (Å²) >= 11 is 0. The quantitative estimate of drug-likeness (QED) is 0.339. The first-order chi connectivity index (χ1) is 14.6. The Balaban J connectivity index is 1.90. The first kappa shape index (κ1) is 22.2. The van der Waals surface area contributed by atoms with Gasteiger partial charge in [-0.2, -0.15) is 0 Å². The monoisotopic (exact) mass is 400 g/mol. The molecule has 0 amide bonds. The lowest BCUT2D eigenvalue weighted by Crippen LogP contribution is -2.20. The molecule has 158 valence electrons. The van der Waals surface area contributed by atoms with Gasteiger partial charge in [0.25, 0.3) is 0 Å². The largest absolute Gasteiger partial charge is 0.508 e. The lowest BCUT2D eigenvalue weighted by Gasteiger charge is -2.30. The van der Waals surface area contributed by atoms with E-state index in [9.17, 15) is 5.11 Å². The van der Waals surface area contributed by atoms with Crippen LogP contribution >= 0.6 is 0 Å². The average molecular weight is 401 g/mol. The molecule has 0 atom stereocenters. The van der Waals surface area contributed by atoms with Crippen LogP contribution in [-0.4, -0.2) is 5.11 Å². The maximum absolute atomic E-state index is 10.5. The molecule has 30 heavy (non-hydrogen) atoms. The maximum Gasteiger partial charge on any atom is 0.119 e. The van der Waals surface area contributed by atoms with Crippen LogP contribution in [0.1, 0.15) is 76.0 Å². The minimum absolute atomic E-state index is 0.296. The molecule has 0 saturated heterocycles. The van der Waals surface area contributed by atoms with E-state index >= 15 is 0 Å². The van der Waals surface area contributed by atoms with Crippen molar-refractivity contribution in [2.24, 2.45) is 0 Å². The fourth-order valence-corrected chi connectivity index (χ4v) is 4.51. The topological polar surface area (TPSA) is 20.2 Å². The number of aromatic hydroxyl groups is 1. The SMILES string of the molecule is CCCCCCCCc1ccccc1-c1ccccc1C(C)(C)c1ccccc1O. The second-order valence-electron chi connectivity index (χ2n) is 8.86. The number of hydrogen-bond acceptors (Lipinski definition) is 1. The summed E-state index contributed by atoms with van der Waals surface area (Å²) in [6, 6.07) is 25.2. The third-order valence-corrected chi connectivity index (χ3v) is 6.29. The molecule has 0 spiro atoms. The smallest absolute Gasteiger partial charge is 0.119 e. The molecular weight excluding hydrogens is 364 g/mol. The summed E-state index contributed by atoms with van der Waals surface area (Å²) in [4.78, 5) is 0. The molecule has 0 aliphatic rings. The second-order valence-corrected chi connectivity index (χ2v) is 8.86. The van der Waals surface area contributed by atoms with Crippen molar-refractivity contribution >= 4 is 0 Å². The Kier molecular flexibility index (Phi) is 7.74. The van der Waals surface area contributed by atoms with Crippen molar-refractivity contribution < 1.29 is 5.11 Å². The highest BCUT2D eigenvalue weighted by molar-refractivity contribution is 5.73. The van der Waals surface area contributed by atoms with Crippen LogP contribution in [0.3, 0.4) is 0 Å². The van der Waals surface area contributed by atoms with Crippen molar-refractivity contribution in [1.29, 1.82) is 0 Å². The van der Waals surface area contributed by atoms with Crippen molar-refractivity contribution in [2.75, 3.05) is 0 Å². The van der Waals surface area contributed by atoms with Gasteiger partial charge in [-0.15, -0.1) is 0 Å². The van der Waals surface area contributed by atoms with Crippen LogP contribution in [0.2, 0.25) is 0 Å². The highest BCUT2D eigenvalue weighted by Crippen LogP contribution is 2.42. The molecule has 1 N–H and O–H groups in total. The Bertz CT molecular complexity index is 938. The molecule has 0 bridgehead atoms. The van der Waals surface area contributed by atoms with Gasteiger partial charge in [0, 0.05) is 11.0 Å². The van der Waals surface area contributed by atoms with Crippen molar-refractivity contribution in [3.05, 3.63) is 89.5 Å². The average Bonchev–Trinajstić information content (AvgIpc) is 2.76. The van der Waals surface area contributed by atoms with E-state index in [1.807, 2.05) is 18.2 Å². The molecule has 0 radical (unpaired) electrons. The normalized spacial score (nSPS) is 11.6. The summed E-state index contributed by atoms with van der Waals surface area (Å²) < 4.78 is 0. The maximum atomic E-state index is 10.5. The van der Waals surface area contributed by atoms with Gasteiger partial charge in [0.1, 0.15) is 5.75 Å². The molecule has 3 rings (SSSR count). The third kappa shape index (κ3) is 5.14. The van der Waals surface area contributed by atoms with Gasteiger partial charge >= 0.3 is 0 Å². The summed E-state index contributed by atoms with van der Waals surface area (Å²) in [5.41, 5.74) is 5.94. The van der Waals surface area contributed by atoms with E-state index in [0.29, 0.717) is 5.75 Å². The highest BCUT2D eigenvalue weighted by Gasteiger charge is 2.28. The van der Waals surface area contributed by atoms with E-state index in [2.05, 4.69) is 69.3 Å². The van der Waals surface area contributed by atoms with E-state index in [-0.39, 0.29) is 5.41 Å². The molecule has 0 fully saturated rings. The van der Waals surface area contributed by atoms with Crippen LogP contribution in [0, 0.1) is 0 Å². The molecule has 3 aromatic rings. The van der Waals surface area contributed by atoms with Gasteiger partial charge in [0.2, 0.25) is 0 Å². The van der Waals surface area contributed by atoms with Gasteiger partial charge in [-0.05, 0) is 41.2 Å².